The fourth-order valence-corrected chi connectivity index (χ4v) is 2.79. The number of nitrogens with zero attached hydrogens (tertiary/aromatic N) is 1. The monoisotopic (exact) mass is 314 g/mol. The molecular weight excluding hydrogens is 296 g/mol. The van der Waals surface area contributed by atoms with Gasteiger partial charge < -0.3 is 9.72 Å². The maximum absolute atomic E-state index is 5.87. The van der Waals surface area contributed by atoms with Crippen molar-refractivity contribution in [3.05, 3.63) is 90.0 Å². The fraction of sp³-hybridized carbons (Fsp3) is 0.0952. The van der Waals surface area contributed by atoms with Crippen LogP contribution in [-0.2, 0) is 18.0 Å². The van der Waals surface area contributed by atoms with Crippen LogP contribution in [0.15, 0.2) is 78.9 Å². The van der Waals surface area contributed by atoms with Crippen molar-refractivity contribution >= 4 is 11.0 Å². The molecule has 4 rings (SSSR count). The Morgan fingerprint density at radius 2 is 1.50 bits per heavy atom. The van der Waals surface area contributed by atoms with Crippen molar-refractivity contribution in [3.8, 4) is 11.4 Å². The summed E-state index contributed by atoms with van der Waals surface area (Å²) in [4.78, 5) is 8.17. The van der Waals surface area contributed by atoms with Gasteiger partial charge in [-0.3, -0.25) is 0 Å². The summed E-state index contributed by atoms with van der Waals surface area (Å²) in [6.07, 6.45) is 0. The molecule has 0 fully saturated rings. The van der Waals surface area contributed by atoms with E-state index in [1.807, 2.05) is 42.5 Å². The highest BCUT2D eigenvalue weighted by Gasteiger charge is 2.08. The van der Waals surface area contributed by atoms with E-state index in [4.69, 9.17) is 9.72 Å². The largest absolute Gasteiger partial charge is 0.372 e. The summed E-state index contributed by atoms with van der Waals surface area (Å²) in [5, 5.41) is 0. The first-order valence-electron chi connectivity index (χ1n) is 8.05. The van der Waals surface area contributed by atoms with Crippen LogP contribution in [0.4, 0.5) is 0 Å². The summed E-state index contributed by atoms with van der Waals surface area (Å²) in [6, 6.07) is 26.5. The average Bonchev–Trinajstić information content (AvgIpc) is 3.09. The molecular formula is C21H18N2O. The van der Waals surface area contributed by atoms with Crippen molar-refractivity contribution in [2.45, 2.75) is 13.2 Å². The molecule has 0 aliphatic rings. The molecule has 0 atom stereocenters. The number of aromatic amines is 1. The number of H-pyrrole nitrogens is 1. The second-order valence-electron chi connectivity index (χ2n) is 5.74. The number of ether oxygens (including phenoxy) is 1. The van der Waals surface area contributed by atoms with Crippen LogP contribution in [0.2, 0.25) is 0 Å². The van der Waals surface area contributed by atoms with Gasteiger partial charge in [-0.2, -0.15) is 0 Å². The van der Waals surface area contributed by atoms with Crippen LogP contribution >= 0.6 is 0 Å². The summed E-state index contributed by atoms with van der Waals surface area (Å²) >= 11 is 0. The third-order valence-electron chi connectivity index (χ3n) is 4.01. The maximum Gasteiger partial charge on any atom is 0.138 e. The zero-order valence-corrected chi connectivity index (χ0v) is 13.3. The molecule has 0 aliphatic heterocycles. The second kappa shape index (κ2) is 6.69. The third kappa shape index (κ3) is 3.07. The highest BCUT2D eigenvalue weighted by Crippen LogP contribution is 2.23. The molecule has 1 aromatic heterocycles. The number of hydrogen-bond acceptors (Lipinski definition) is 2. The van der Waals surface area contributed by atoms with E-state index in [0.29, 0.717) is 13.2 Å². The van der Waals surface area contributed by atoms with Crippen LogP contribution in [-0.4, -0.2) is 9.97 Å². The van der Waals surface area contributed by atoms with E-state index in [-0.39, 0.29) is 0 Å². The van der Waals surface area contributed by atoms with E-state index in [2.05, 4.69) is 41.4 Å². The van der Waals surface area contributed by atoms with Crippen LogP contribution in [0.3, 0.4) is 0 Å². The zero-order valence-electron chi connectivity index (χ0n) is 13.3. The van der Waals surface area contributed by atoms with E-state index in [9.17, 15) is 0 Å². The molecule has 0 saturated carbocycles. The van der Waals surface area contributed by atoms with Crippen LogP contribution < -0.4 is 0 Å². The predicted molar refractivity (Wildman–Crippen MR) is 96.5 cm³/mol. The fourth-order valence-electron chi connectivity index (χ4n) is 2.79. The topological polar surface area (TPSA) is 37.9 Å². The molecule has 0 spiro atoms. The summed E-state index contributed by atoms with van der Waals surface area (Å²) in [6.45, 7) is 1.15. The van der Waals surface area contributed by atoms with Gasteiger partial charge in [-0.15, -0.1) is 0 Å². The lowest BCUT2D eigenvalue weighted by Crippen LogP contribution is -1.95. The van der Waals surface area contributed by atoms with Gasteiger partial charge in [0, 0.05) is 11.1 Å². The molecule has 0 aliphatic carbocycles. The van der Waals surface area contributed by atoms with Crippen molar-refractivity contribution in [2.75, 3.05) is 0 Å². The van der Waals surface area contributed by atoms with E-state index >= 15 is 0 Å². The standard InChI is InChI=1S/C21H18N2O/c1-3-8-16(9-4-1)14-24-15-18-12-7-13-19-20(18)23-21(22-19)17-10-5-2-6-11-17/h1-13H,14-15H2,(H,22,23). The Morgan fingerprint density at radius 1 is 0.750 bits per heavy atom. The number of fused-ring (bicyclic) bond motifs is 1. The summed E-state index contributed by atoms with van der Waals surface area (Å²) in [7, 11) is 0. The molecule has 1 N–H and O–H groups in total. The number of para-hydroxylation sites is 1. The zero-order chi connectivity index (χ0) is 16.2. The Kier molecular flexibility index (Phi) is 4.09. The van der Waals surface area contributed by atoms with Gasteiger partial charge in [-0.1, -0.05) is 72.8 Å². The number of rotatable bonds is 5. The summed E-state index contributed by atoms with van der Waals surface area (Å²) in [5.41, 5.74) is 5.38. The average molecular weight is 314 g/mol. The maximum atomic E-state index is 5.87. The first-order valence-corrected chi connectivity index (χ1v) is 8.05. The smallest absolute Gasteiger partial charge is 0.138 e. The molecule has 118 valence electrons. The predicted octanol–water partition coefficient (Wildman–Crippen LogP) is 4.95. The molecule has 24 heavy (non-hydrogen) atoms. The minimum absolute atomic E-state index is 0.547. The van der Waals surface area contributed by atoms with Crippen molar-refractivity contribution in [1.82, 2.24) is 9.97 Å². The molecule has 0 unspecified atom stereocenters. The Balaban J connectivity index is 1.56. The molecule has 3 nitrogen and oxygen atoms in total. The number of hydrogen-bond donors (Lipinski definition) is 1. The second-order valence-corrected chi connectivity index (χ2v) is 5.74. The number of aromatic nitrogens is 2. The van der Waals surface area contributed by atoms with Gasteiger partial charge in [-0.05, 0) is 11.6 Å². The van der Waals surface area contributed by atoms with E-state index < -0.39 is 0 Å². The highest BCUT2D eigenvalue weighted by atomic mass is 16.5. The molecule has 4 aromatic rings. The normalized spacial score (nSPS) is 11.0. The molecule has 3 aromatic carbocycles. The molecule has 1 heterocycles. The van der Waals surface area contributed by atoms with E-state index in [0.717, 1.165) is 28.0 Å². The lowest BCUT2D eigenvalue weighted by atomic mass is 10.2. The van der Waals surface area contributed by atoms with Crippen molar-refractivity contribution in [2.24, 2.45) is 0 Å². The van der Waals surface area contributed by atoms with Gasteiger partial charge in [0.2, 0.25) is 0 Å². The van der Waals surface area contributed by atoms with Crippen LogP contribution in [0.1, 0.15) is 11.1 Å². The van der Waals surface area contributed by atoms with Gasteiger partial charge >= 0.3 is 0 Å². The highest BCUT2D eigenvalue weighted by molar-refractivity contribution is 5.82. The first-order chi connectivity index (χ1) is 11.9. The minimum Gasteiger partial charge on any atom is -0.372 e. The molecule has 0 amide bonds. The van der Waals surface area contributed by atoms with Crippen molar-refractivity contribution in [3.63, 3.8) is 0 Å². The molecule has 0 radical (unpaired) electrons. The Labute approximate surface area is 140 Å². The Morgan fingerprint density at radius 3 is 2.29 bits per heavy atom. The van der Waals surface area contributed by atoms with Crippen molar-refractivity contribution in [1.29, 1.82) is 0 Å². The van der Waals surface area contributed by atoms with Gasteiger partial charge in [0.05, 0.1) is 24.2 Å². The van der Waals surface area contributed by atoms with Gasteiger partial charge in [0.15, 0.2) is 0 Å². The van der Waals surface area contributed by atoms with Gasteiger partial charge in [0.25, 0.3) is 0 Å². The lowest BCUT2D eigenvalue weighted by Gasteiger charge is -2.05. The van der Waals surface area contributed by atoms with Crippen molar-refractivity contribution < 1.29 is 4.74 Å². The molecule has 0 bridgehead atoms. The summed E-state index contributed by atoms with van der Waals surface area (Å²) in [5.74, 6) is 0.890. The third-order valence-corrected chi connectivity index (χ3v) is 4.01. The number of nitrogens with one attached hydrogen (secondary N) is 1. The van der Waals surface area contributed by atoms with E-state index in [1.54, 1.807) is 0 Å². The number of imidazole rings is 1. The Hall–Kier alpha value is -2.91. The van der Waals surface area contributed by atoms with Crippen LogP contribution in [0, 0.1) is 0 Å². The lowest BCUT2D eigenvalue weighted by molar-refractivity contribution is 0.108. The van der Waals surface area contributed by atoms with Crippen LogP contribution in [0.25, 0.3) is 22.4 Å². The first kappa shape index (κ1) is 14.7. The van der Waals surface area contributed by atoms with Gasteiger partial charge in [0.1, 0.15) is 5.82 Å². The Bertz CT molecular complexity index is 930. The summed E-state index contributed by atoms with van der Waals surface area (Å²) < 4.78 is 5.87. The molecule has 3 heteroatoms. The SMILES string of the molecule is c1ccc(COCc2cccc3[nH]c(-c4ccccc4)nc23)cc1. The van der Waals surface area contributed by atoms with Gasteiger partial charge in [-0.25, -0.2) is 4.98 Å². The quantitative estimate of drug-likeness (QED) is 0.566. The minimum atomic E-state index is 0.547. The molecule has 0 saturated heterocycles. The van der Waals surface area contributed by atoms with Crippen LogP contribution in [0.5, 0.6) is 0 Å². The number of benzene rings is 3. The van der Waals surface area contributed by atoms with E-state index in [1.165, 1.54) is 5.56 Å².